The van der Waals surface area contributed by atoms with Crippen molar-refractivity contribution in [3.63, 3.8) is 0 Å². The van der Waals surface area contributed by atoms with Crippen LogP contribution in [-0.2, 0) is 6.61 Å². The van der Waals surface area contributed by atoms with Crippen molar-refractivity contribution < 1.29 is 13.5 Å². The predicted molar refractivity (Wildman–Crippen MR) is 119 cm³/mol. The van der Waals surface area contributed by atoms with Gasteiger partial charge in [-0.1, -0.05) is 13.0 Å². The minimum atomic E-state index is -0.657. The average molecular weight is 441 g/mol. The van der Waals surface area contributed by atoms with E-state index in [4.69, 9.17) is 10.5 Å². The van der Waals surface area contributed by atoms with Gasteiger partial charge in [0.25, 0.3) is 0 Å². The summed E-state index contributed by atoms with van der Waals surface area (Å²) in [5.41, 5.74) is 8.61. The number of hydrogen-bond donors (Lipinski definition) is 3. The number of guanidine groups is 1. The number of fused-ring (bicyclic) bond motifs is 1. The largest absolute Gasteiger partial charge is 0.485 e. The van der Waals surface area contributed by atoms with Gasteiger partial charge in [-0.15, -0.1) is 0 Å². The molecule has 0 fully saturated rings. The van der Waals surface area contributed by atoms with Gasteiger partial charge < -0.3 is 15.8 Å². The van der Waals surface area contributed by atoms with Crippen LogP contribution in [0.4, 0.5) is 8.78 Å². The molecule has 1 aliphatic heterocycles. The van der Waals surface area contributed by atoms with E-state index in [1.165, 1.54) is 18.2 Å². The summed E-state index contributed by atoms with van der Waals surface area (Å²) < 4.78 is 35.7. The molecule has 0 amide bonds. The van der Waals surface area contributed by atoms with Crippen LogP contribution in [0, 0.1) is 25.5 Å². The lowest BCUT2D eigenvalue weighted by Gasteiger charge is -2.20. The van der Waals surface area contributed by atoms with Gasteiger partial charge in [-0.3, -0.25) is 9.72 Å². The molecule has 1 unspecified atom stereocenters. The average Bonchev–Trinajstić information content (AvgIpc) is 3.07. The number of nitrogens with zero attached hydrogens (tertiary/aromatic N) is 4. The second-order valence-electron chi connectivity index (χ2n) is 7.55. The SMILES string of the molecule is CCCNC1N=C(N)NC(c2c(C)nc3c(OCc4c(F)cccc4F)cc(C)cn23)=N1. The van der Waals surface area contributed by atoms with Gasteiger partial charge in [-0.25, -0.2) is 23.7 Å². The smallest absolute Gasteiger partial charge is 0.199 e. The number of nitrogens with two attached hydrogens (primary N) is 1. The molecule has 1 aliphatic rings. The highest BCUT2D eigenvalue weighted by Gasteiger charge is 2.23. The first-order valence-corrected chi connectivity index (χ1v) is 10.3. The monoisotopic (exact) mass is 441 g/mol. The number of pyridine rings is 1. The zero-order valence-corrected chi connectivity index (χ0v) is 18.1. The summed E-state index contributed by atoms with van der Waals surface area (Å²) >= 11 is 0. The van der Waals surface area contributed by atoms with Crippen LogP contribution >= 0.6 is 0 Å². The Bertz CT molecular complexity index is 1200. The van der Waals surface area contributed by atoms with Gasteiger partial charge in [-0.2, -0.15) is 0 Å². The molecule has 3 aromatic rings. The first-order chi connectivity index (χ1) is 15.4. The molecule has 0 radical (unpaired) electrons. The molecule has 0 saturated heterocycles. The van der Waals surface area contributed by atoms with E-state index in [1.807, 2.05) is 24.4 Å². The Hall–Kier alpha value is -3.53. The molecule has 4 rings (SSSR count). The molecular formula is C22H25F2N7O. The predicted octanol–water partition coefficient (Wildman–Crippen LogP) is 2.76. The zero-order valence-electron chi connectivity index (χ0n) is 18.1. The molecular weight excluding hydrogens is 416 g/mol. The Morgan fingerprint density at radius 2 is 1.97 bits per heavy atom. The number of imidazole rings is 1. The molecule has 2 aromatic heterocycles. The molecule has 1 atom stereocenters. The maximum absolute atomic E-state index is 14.0. The molecule has 8 nitrogen and oxygen atoms in total. The molecule has 10 heteroatoms. The fraction of sp³-hybridized carbons (Fsp3) is 0.318. The van der Waals surface area contributed by atoms with Crippen molar-refractivity contribution in [3.8, 4) is 5.75 Å². The molecule has 0 aliphatic carbocycles. The van der Waals surface area contributed by atoms with E-state index in [2.05, 4.69) is 32.5 Å². The Labute approximate surface area is 184 Å². The van der Waals surface area contributed by atoms with Crippen molar-refractivity contribution in [2.75, 3.05) is 6.54 Å². The lowest BCUT2D eigenvalue weighted by Crippen LogP contribution is -2.45. The Balaban J connectivity index is 1.71. The number of nitrogens with one attached hydrogen (secondary N) is 2. The summed E-state index contributed by atoms with van der Waals surface area (Å²) in [5, 5.41) is 6.22. The van der Waals surface area contributed by atoms with Crippen molar-refractivity contribution in [2.45, 2.75) is 40.1 Å². The molecule has 0 spiro atoms. The number of rotatable bonds is 7. The second-order valence-corrected chi connectivity index (χ2v) is 7.55. The molecule has 0 saturated carbocycles. The fourth-order valence-corrected chi connectivity index (χ4v) is 3.52. The van der Waals surface area contributed by atoms with Crippen LogP contribution in [0.2, 0.25) is 0 Å². The molecule has 0 bridgehead atoms. The number of benzene rings is 1. The van der Waals surface area contributed by atoms with Gasteiger partial charge in [0, 0.05) is 6.20 Å². The van der Waals surface area contributed by atoms with Gasteiger partial charge in [-0.05, 0) is 50.6 Å². The number of aliphatic imine (C=N–C) groups is 2. The number of aryl methyl sites for hydroxylation is 2. The van der Waals surface area contributed by atoms with Crippen LogP contribution < -0.4 is 21.1 Å². The maximum atomic E-state index is 14.0. The van der Waals surface area contributed by atoms with E-state index in [-0.39, 0.29) is 18.1 Å². The lowest BCUT2D eigenvalue weighted by molar-refractivity contribution is 0.294. The minimum absolute atomic E-state index is 0.136. The van der Waals surface area contributed by atoms with Gasteiger partial charge in [0.1, 0.15) is 23.9 Å². The van der Waals surface area contributed by atoms with Crippen molar-refractivity contribution in [2.24, 2.45) is 15.7 Å². The Morgan fingerprint density at radius 1 is 1.22 bits per heavy atom. The standard InChI is InChI=1S/C22H25F2N7O/c1-4-8-26-22-29-19(28-21(25)30-22)18-13(3)27-20-17(9-12(2)10-31(18)20)32-11-14-15(23)6-5-7-16(14)24/h5-7,9-10,22,26H,4,8,11H2,1-3H3,(H3,25,28,29,30). The Morgan fingerprint density at radius 3 is 2.69 bits per heavy atom. The first kappa shape index (κ1) is 21.7. The topological polar surface area (TPSA) is 101 Å². The van der Waals surface area contributed by atoms with Crippen molar-refractivity contribution in [1.29, 1.82) is 0 Å². The van der Waals surface area contributed by atoms with Gasteiger partial charge >= 0.3 is 0 Å². The first-order valence-electron chi connectivity index (χ1n) is 10.3. The summed E-state index contributed by atoms with van der Waals surface area (Å²) in [6.45, 7) is 6.28. The van der Waals surface area contributed by atoms with E-state index in [0.717, 1.165) is 18.5 Å². The van der Waals surface area contributed by atoms with E-state index in [0.29, 0.717) is 28.6 Å². The van der Waals surface area contributed by atoms with E-state index < -0.39 is 17.9 Å². The van der Waals surface area contributed by atoms with Crippen LogP contribution in [0.25, 0.3) is 5.65 Å². The van der Waals surface area contributed by atoms with Gasteiger partial charge in [0.05, 0.1) is 11.3 Å². The second kappa shape index (κ2) is 8.91. The molecule has 4 N–H and O–H groups in total. The summed E-state index contributed by atoms with van der Waals surface area (Å²) in [6.07, 6.45) is 2.32. The van der Waals surface area contributed by atoms with Crippen LogP contribution in [0.3, 0.4) is 0 Å². The Kier molecular flexibility index (Phi) is 6.04. The zero-order chi connectivity index (χ0) is 22.8. The summed E-state index contributed by atoms with van der Waals surface area (Å²) in [6, 6.07) is 5.50. The number of amidine groups is 1. The van der Waals surface area contributed by atoms with Crippen molar-refractivity contribution in [1.82, 2.24) is 20.0 Å². The van der Waals surface area contributed by atoms with Crippen LogP contribution in [-0.4, -0.2) is 34.0 Å². The highest BCUT2D eigenvalue weighted by molar-refractivity contribution is 6.09. The molecule has 168 valence electrons. The number of aromatic nitrogens is 2. The molecule has 1 aromatic carbocycles. The quantitative estimate of drug-likeness (QED) is 0.523. The van der Waals surface area contributed by atoms with Gasteiger partial charge in [0.15, 0.2) is 29.5 Å². The van der Waals surface area contributed by atoms with E-state index >= 15 is 0 Å². The van der Waals surface area contributed by atoms with Crippen LogP contribution in [0.5, 0.6) is 5.75 Å². The minimum Gasteiger partial charge on any atom is -0.485 e. The van der Waals surface area contributed by atoms with Crippen molar-refractivity contribution >= 4 is 17.4 Å². The third-order valence-corrected chi connectivity index (χ3v) is 4.99. The number of hydrogen-bond acceptors (Lipinski definition) is 7. The summed E-state index contributed by atoms with van der Waals surface area (Å²) in [4.78, 5) is 13.5. The highest BCUT2D eigenvalue weighted by atomic mass is 19.1. The highest BCUT2D eigenvalue weighted by Crippen LogP contribution is 2.26. The molecule has 3 heterocycles. The summed E-state index contributed by atoms with van der Waals surface area (Å²) in [7, 11) is 0. The summed E-state index contributed by atoms with van der Waals surface area (Å²) in [5.74, 6) is -0.143. The fourth-order valence-electron chi connectivity index (χ4n) is 3.52. The van der Waals surface area contributed by atoms with Crippen molar-refractivity contribution in [3.05, 3.63) is 64.6 Å². The number of halogens is 2. The molecule has 32 heavy (non-hydrogen) atoms. The lowest BCUT2D eigenvalue weighted by atomic mass is 10.2. The van der Waals surface area contributed by atoms with Gasteiger partial charge in [0.2, 0.25) is 0 Å². The third-order valence-electron chi connectivity index (χ3n) is 4.99. The van der Waals surface area contributed by atoms with Crippen LogP contribution in [0.1, 0.15) is 35.9 Å². The van der Waals surface area contributed by atoms with E-state index in [1.54, 1.807) is 6.07 Å². The number of ether oxygens (including phenoxy) is 1. The van der Waals surface area contributed by atoms with E-state index in [9.17, 15) is 8.78 Å². The normalized spacial score (nSPS) is 16.0. The third kappa shape index (κ3) is 4.26. The van der Waals surface area contributed by atoms with Crippen LogP contribution in [0.15, 0.2) is 40.4 Å². The maximum Gasteiger partial charge on any atom is 0.199 e.